The molecule has 1 N–H and O–H groups in total. The van der Waals surface area contributed by atoms with E-state index in [1.807, 2.05) is 4.90 Å². The summed E-state index contributed by atoms with van der Waals surface area (Å²) in [5, 5.41) is 15.4. The highest BCUT2D eigenvalue weighted by molar-refractivity contribution is 6.20. The van der Waals surface area contributed by atoms with Gasteiger partial charge in [-0.25, -0.2) is 4.79 Å². The Morgan fingerprint density at radius 3 is 2.58 bits per heavy atom. The number of aliphatic hydroxyl groups excluding tert-OH is 1. The molecule has 0 saturated carbocycles. The smallest absolute Gasteiger partial charge is 0.416 e. The fourth-order valence-electron chi connectivity index (χ4n) is 5.84. The van der Waals surface area contributed by atoms with Crippen LogP contribution in [0.15, 0.2) is 47.6 Å². The average Bonchev–Trinajstić information content (AvgIpc) is 3.14. The normalized spacial score (nSPS) is 23.4. The summed E-state index contributed by atoms with van der Waals surface area (Å²) < 4.78 is 45.8. The molecule has 2 atom stereocenters. The van der Waals surface area contributed by atoms with Gasteiger partial charge in [-0.15, -0.1) is 0 Å². The first kappa shape index (κ1) is 26.2. The van der Waals surface area contributed by atoms with Gasteiger partial charge in [0.2, 0.25) is 0 Å². The van der Waals surface area contributed by atoms with Crippen molar-refractivity contribution < 1.29 is 32.6 Å². The average molecular weight is 531 g/mol. The summed E-state index contributed by atoms with van der Waals surface area (Å²) in [6.07, 6.45) is -4.43. The number of anilines is 2. The van der Waals surface area contributed by atoms with Crippen LogP contribution in [0.25, 0.3) is 0 Å². The van der Waals surface area contributed by atoms with Crippen LogP contribution in [0.3, 0.4) is 0 Å². The van der Waals surface area contributed by atoms with Gasteiger partial charge < -0.3 is 14.7 Å². The predicted octanol–water partition coefficient (Wildman–Crippen LogP) is 3.33. The summed E-state index contributed by atoms with van der Waals surface area (Å²) in [5.74, 6) is -0.808. The molecule has 202 valence electrons. The molecule has 3 aliphatic rings. The maximum Gasteiger partial charge on any atom is 0.416 e. The predicted molar refractivity (Wildman–Crippen MR) is 135 cm³/mol. The van der Waals surface area contributed by atoms with Crippen molar-refractivity contribution in [1.82, 2.24) is 4.90 Å². The van der Waals surface area contributed by atoms with Gasteiger partial charge in [-0.1, -0.05) is 0 Å². The number of hydrazone groups is 1. The lowest BCUT2D eigenvalue weighted by atomic mass is 9.67. The lowest BCUT2D eigenvalue weighted by Gasteiger charge is -2.53. The lowest BCUT2D eigenvalue weighted by Crippen LogP contribution is -2.67. The molecule has 0 aromatic heterocycles. The van der Waals surface area contributed by atoms with E-state index in [2.05, 4.69) is 10.0 Å². The third-order valence-corrected chi connectivity index (χ3v) is 7.73. The van der Waals surface area contributed by atoms with E-state index in [9.17, 15) is 27.9 Å². The number of halogens is 3. The van der Waals surface area contributed by atoms with Crippen LogP contribution >= 0.6 is 0 Å². The van der Waals surface area contributed by atoms with E-state index in [0.29, 0.717) is 54.4 Å². The fourth-order valence-corrected chi connectivity index (χ4v) is 5.84. The number of alkyl halides is 3. The maximum atomic E-state index is 14.2. The molecule has 0 radical (unpaired) electrons. The van der Waals surface area contributed by atoms with Crippen LogP contribution in [0.5, 0.6) is 0 Å². The number of carbonyl (C=O) groups is 2. The van der Waals surface area contributed by atoms with Gasteiger partial charge >= 0.3 is 12.1 Å². The number of piperazine rings is 1. The van der Waals surface area contributed by atoms with Crippen molar-refractivity contribution in [2.24, 2.45) is 10.5 Å². The standard InChI is InChI=1S/C27H29F3N4O4/c1-3-38-24(36)18-4-7-21(8-5-18)34-25(37)26(17(2)31-34)15-19-14-20(27(28,29)30)6-9-22(19)33-11-10-32(12-13-35)16-23(26)33/h4-9,14,23,35H,3,10-13,15-16H2,1-2H3/t23-,26+/m1/s1. The zero-order valence-electron chi connectivity index (χ0n) is 21.2. The summed E-state index contributed by atoms with van der Waals surface area (Å²) in [4.78, 5) is 30.4. The van der Waals surface area contributed by atoms with Crippen molar-refractivity contribution in [3.8, 4) is 0 Å². The van der Waals surface area contributed by atoms with Gasteiger partial charge in [0, 0.05) is 31.9 Å². The molecular formula is C27H29F3N4O4. The molecule has 0 bridgehead atoms. The fraction of sp³-hybridized carbons (Fsp3) is 0.444. The van der Waals surface area contributed by atoms with E-state index in [1.54, 1.807) is 38.1 Å². The Bertz CT molecular complexity index is 1280. The number of aliphatic hydroxyl groups is 1. The molecule has 3 aliphatic heterocycles. The molecule has 11 heteroatoms. The van der Waals surface area contributed by atoms with Gasteiger partial charge in [0.15, 0.2) is 0 Å². The van der Waals surface area contributed by atoms with Crippen LogP contribution in [0.1, 0.15) is 35.3 Å². The van der Waals surface area contributed by atoms with E-state index >= 15 is 0 Å². The summed E-state index contributed by atoms with van der Waals surface area (Å²) in [6, 6.07) is 9.66. The Labute approximate surface area is 218 Å². The van der Waals surface area contributed by atoms with Gasteiger partial charge in [-0.05, 0) is 68.3 Å². The number of nitrogens with zero attached hydrogens (tertiary/aromatic N) is 4. The minimum atomic E-state index is -4.51. The van der Waals surface area contributed by atoms with Crippen LogP contribution in [0, 0.1) is 5.41 Å². The van der Waals surface area contributed by atoms with Crippen LogP contribution in [-0.4, -0.2) is 73.0 Å². The number of fused-ring (bicyclic) bond motifs is 4. The number of amides is 1. The third-order valence-electron chi connectivity index (χ3n) is 7.73. The number of ether oxygens (including phenoxy) is 1. The zero-order chi connectivity index (χ0) is 27.2. The second-order valence-corrected chi connectivity index (χ2v) is 9.79. The molecule has 2 aromatic carbocycles. The highest BCUT2D eigenvalue weighted by Crippen LogP contribution is 2.49. The molecule has 38 heavy (non-hydrogen) atoms. The van der Waals surface area contributed by atoms with Crippen molar-refractivity contribution in [3.63, 3.8) is 0 Å². The molecule has 1 spiro atoms. The van der Waals surface area contributed by atoms with Gasteiger partial charge in [0.25, 0.3) is 5.91 Å². The molecule has 0 aliphatic carbocycles. The molecule has 1 fully saturated rings. The van der Waals surface area contributed by atoms with Crippen molar-refractivity contribution in [2.75, 3.05) is 49.3 Å². The molecule has 3 heterocycles. The van der Waals surface area contributed by atoms with Crippen molar-refractivity contribution >= 4 is 29.0 Å². The number of esters is 1. The van der Waals surface area contributed by atoms with Crippen LogP contribution in [0.2, 0.25) is 0 Å². The van der Waals surface area contributed by atoms with E-state index in [-0.39, 0.29) is 31.6 Å². The Kier molecular flexibility index (Phi) is 6.68. The Morgan fingerprint density at radius 2 is 1.92 bits per heavy atom. The van der Waals surface area contributed by atoms with E-state index in [0.717, 1.165) is 12.1 Å². The molecule has 0 unspecified atom stereocenters. The summed E-state index contributed by atoms with van der Waals surface area (Å²) in [6.45, 7) is 5.65. The van der Waals surface area contributed by atoms with Crippen LogP contribution < -0.4 is 9.91 Å². The minimum Gasteiger partial charge on any atom is -0.462 e. The Balaban J connectivity index is 1.55. The first-order valence-electron chi connectivity index (χ1n) is 12.6. The largest absolute Gasteiger partial charge is 0.462 e. The first-order valence-corrected chi connectivity index (χ1v) is 12.6. The summed E-state index contributed by atoms with van der Waals surface area (Å²) in [5.41, 5.74) is 0.497. The zero-order valence-corrected chi connectivity index (χ0v) is 21.2. The van der Waals surface area contributed by atoms with E-state index < -0.39 is 23.1 Å². The summed E-state index contributed by atoms with van der Waals surface area (Å²) in [7, 11) is 0. The number of hydrogen-bond acceptors (Lipinski definition) is 7. The first-order chi connectivity index (χ1) is 18.1. The number of carbonyl (C=O) groups excluding carboxylic acids is 2. The second kappa shape index (κ2) is 9.70. The van der Waals surface area contributed by atoms with Gasteiger partial charge in [-0.3, -0.25) is 9.69 Å². The van der Waals surface area contributed by atoms with Crippen molar-refractivity contribution in [1.29, 1.82) is 0 Å². The van der Waals surface area contributed by atoms with E-state index in [4.69, 9.17) is 4.74 Å². The van der Waals surface area contributed by atoms with Crippen molar-refractivity contribution in [2.45, 2.75) is 32.5 Å². The maximum absolute atomic E-state index is 14.2. The van der Waals surface area contributed by atoms with Crippen LogP contribution in [-0.2, 0) is 22.1 Å². The van der Waals surface area contributed by atoms with Crippen LogP contribution in [0.4, 0.5) is 24.5 Å². The monoisotopic (exact) mass is 530 g/mol. The molecule has 5 rings (SSSR count). The van der Waals surface area contributed by atoms with Gasteiger partial charge in [0.05, 0.1) is 41.8 Å². The SMILES string of the molecule is CCOC(=O)c1ccc(N2N=C(C)[C@]3(Cc4cc(C(F)(F)F)ccc4N4CCN(CCO)C[C@@H]43)C2=O)cc1. The van der Waals surface area contributed by atoms with Gasteiger partial charge in [-0.2, -0.15) is 23.3 Å². The van der Waals surface area contributed by atoms with Gasteiger partial charge in [0.1, 0.15) is 5.41 Å². The topological polar surface area (TPSA) is 85.7 Å². The molecule has 8 nitrogen and oxygen atoms in total. The quantitative estimate of drug-likeness (QED) is 0.597. The number of β-amino-alcohol motifs (C(OH)–C–C–N with tert-alkyl or cyclic N) is 1. The number of hydrogen-bond donors (Lipinski definition) is 1. The minimum absolute atomic E-state index is 0.0365. The third kappa shape index (κ3) is 4.23. The number of rotatable bonds is 5. The Hall–Kier alpha value is -3.44. The highest BCUT2D eigenvalue weighted by Gasteiger charge is 2.60. The van der Waals surface area contributed by atoms with E-state index in [1.165, 1.54) is 11.1 Å². The molecule has 1 saturated heterocycles. The highest BCUT2D eigenvalue weighted by atomic mass is 19.4. The second-order valence-electron chi connectivity index (χ2n) is 9.79. The van der Waals surface area contributed by atoms with Crippen molar-refractivity contribution in [3.05, 3.63) is 59.2 Å². The molecule has 1 amide bonds. The summed E-state index contributed by atoms with van der Waals surface area (Å²) >= 11 is 0. The molecule has 2 aromatic rings. The Morgan fingerprint density at radius 1 is 1.18 bits per heavy atom. The number of benzene rings is 2. The molecular weight excluding hydrogens is 501 g/mol. The lowest BCUT2D eigenvalue weighted by molar-refractivity contribution is -0.137.